The Kier molecular flexibility index (Phi) is 5.36. The Hall–Kier alpha value is -1.84. The van der Waals surface area contributed by atoms with E-state index in [-0.39, 0.29) is 17.8 Å². The Bertz CT molecular complexity index is 429. The second-order valence-corrected chi connectivity index (χ2v) is 4.29. The van der Waals surface area contributed by atoms with Gasteiger partial charge < -0.3 is 10.1 Å². The largest absolute Gasteiger partial charge is 0.469 e. The summed E-state index contributed by atoms with van der Waals surface area (Å²) in [7, 11) is 1.36. The highest BCUT2D eigenvalue weighted by atomic mass is 16.5. The van der Waals surface area contributed by atoms with E-state index in [0.29, 0.717) is 13.0 Å². The van der Waals surface area contributed by atoms with Crippen molar-refractivity contribution < 1.29 is 14.3 Å². The third-order valence-corrected chi connectivity index (χ3v) is 2.86. The molecule has 0 radical (unpaired) electrons. The van der Waals surface area contributed by atoms with Crippen molar-refractivity contribution in [1.29, 1.82) is 0 Å². The molecule has 1 N–H and O–H groups in total. The molecule has 98 valence electrons. The van der Waals surface area contributed by atoms with E-state index in [0.717, 1.165) is 11.1 Å². The maximum absolute atomic E-state index is 11.7. The molecule has 0 aliphatic heterocycles. The molecule has 1 amide bonds. The predicted molar refractivity (Wildman–Crippen MR) is 69.1 cm³/mol. The zero-order valence-electron chi connectivity index (χ0n) is 11.0. The molecule has 0 aliphatic carbocycles. The fourth-order valence-electron chi connectivity index (χ4n) is 1.78. The van der Waals surface area contributed by atoms with Crippen LogP contribution in [0, 0.1) is 12.8 Å². The first-order valence-electron chi connectivity index (χ1n) is 5.91. The van der Waals surface area contributed by atoms with Gasteiger partial charge in [0, 0.05) is 13.5 Å². The molecule has 18 heavy (non-hydrogen) atoms. The van der Waals surface area contributed by atoms with E-state index >= 15 is 0 Å². The van der Waals surface area contributed by atoms with Crippen molar-refractivity contribution in [3.05, 3.63) is 35.4 Å². The molecule has 0 bridgehead atoms. The molecule has 4 nitrogen and oxygen atoms in total. The van der Waals surface area contributed by atoms with Crippen LogP contribution >= 0.6 is 0 Å². The van der Waals surface area contributed by atoms with Gasteiger partial charge in [-0.05, 0) is 24.5 Å². The quantitative estimate of drug-likeness (QED) is 0.804. The van der Waals surface area contributed by atoms with Crippen molar-refractivity contribution in [3.63, 3.8) is 0 Å². The summed E-state index contributed by atoms with van der Waals surface area (Å²) >= 11 is 0. The number of aryl methyl sites for hydroxylation is 1. The molecule has 1 unspecified atom stereocenters. The van der Waals surface area contributed by atoms with Crippen molar-refractivity contribution >= 4 is 11.9 Å². The van der Waals surface area contributed by atoms with Gasteiger partial charge in [0.2, 0.25) is 5.91 Å². The fourth-order valence-corrected chi connectivity index (χ4v) is 1.78. The van der Waals surface area contributed by atoms with Crippen LogP contribution in [0.5, 0.6) is 0 Å². The van der Waals surface area contributed by atoms with Crippen molar-refractivity contribution in [3.8, 4) is 0 Å². The van der Waals surface area contributed by atoms with E-state index in [1.165, 1.54) is 14.0 Å². The van der Waals surface area contributed by atoms with Crippen molar-refractivity contribution in [2.24, 2.45) is 5.92 Å². The predicted octanol–water partition coefficient (Wildman–Crippen LogP) is 1.46. The highest BCUT2D eigenvalue weighted by Gasteiger charge is 2.20. The maximum atomic E-state index is 11.7. The fraction of sp³-hybridized carbons (Fsp3) is 0.429. The molecule has 0 spiro atoms. The summed E-state index contributed by atoms with van der Waals surface area (Å²) in [6.45, 7) is 3.74. The van der Waals surface area contributed by atoms with Crippen LogP contribution in [-0.2, 0) is 20.7 Å². The number of carbonyl (C=O) groups excluding carboxylic acids is 2. The van der Waals surface area contributed by atoms with Gasteiger partial charge in [-0.1, -0.05) is 24.3 Å². The van der Waals surface area contributed by atoms with Gasteiger partial charge in [-0.15, -0.1) is 0 Å². The number of esters is 1. The normalized spacial score (nSPS) is 11.7. The number of rotatable bonds is 5. The Labute approximate surface area is 107 Å². The highest BCUT2D eigenvalue weighted by molar-refractivity contribution is 5.76. The monoisotopic (exact) mass is 249 g/mol. The van der Waals surface area contributed by atoms with Crippen LogP contribution in [0.4, 0.5) is 0 Å². The number of ether oxygens (including phenoxy) is 1. The van der Waals surface area contributed by atoms with Gasteiger partial charge in [0.1, 0.15) is 0 Å². The molecule has 1 aromatic rings. The van der Waals surface area contributed by atoms with Gasteiger partial charge in [0.05, 0.1) is 13.0 Å². The van der Waals surface area contributed by atoms with E-state index in [4.69, 9.17) is 4.74 Å². The smallest absolute Gasteiger partial charge is 0.310 e. The number of nitrogens with one attached hydrogen (secondary N) is 1. The number of methoxy groups -OCH3 is 1. The van der Waals surface area contributed by atoms with Crippen LogP contribution in [0.1, 0.15) is 18.1 Å². The van der Waals surface area contributed by atoms with Crippen LogP contribution in [-0.4, -0.2) is 25.5 Å². The zero-order valence-corrected chi connectivity index (χ0v) is 11.0. The van der Waals surface area contributed by atoms with E-state index in [2.05, 4.69) is 5.32 Å². The Balaban J connectivity index is 2.75. The minimum absolute atomic E-state index is 0.145. The molecule has 0 aliphatic rings. The summed E-state index contributed by atoms with van der Waals surface area (Å²) in [5.74, 6) is -0.791. The zero-order chi connectivity index (χ0) is 13.5. The van der Waals surface area contributed by atoms with Gasteiger partial charge >= 0.3 is 5.97 Å². The van der Waals surface area contributed by atoms with E-state index < -0.39 is 0 Å². The van der Waals surface area contributed by atoms with E-state index in [9.17, 15) is 9.59 Å². The van der Waals surface area contributed by atoms with Crippen LogP contribution in [0.15, 0.2) is 24.3 Å². The summed E-state index contributed by atoms with van der Waals surface area (Å²) in [5, 5.41) is 2.66. The number of hydrogen-bond acceptors (Lipinski definition) is 3. The standard InChI is InChI=1S/C14H19NO3/c1-10-6-4-5-7-12(10)8-13(14(17)18-3)9-15-11(2)16/h4-7,13H,8-9H2,1-3H3,(H,15,16). The van der Waals surface area contributed by atoms with Crippen molar-refractivity contribution in [1.82, 2.24) is 5.32 Å². The van der Waals surface area contributed by atoms with Gasteiger partial charge in [0.15, 0.2) is 0 Å². The lowest BCUT2D eigenvalue weighted by Crippen LogP contribution is -2.33. The van der Waals surface area contributed by atoms with Crippen LogP contribution in [0.25, 0.3) is 0 Å². The van der Waals surface area contributed by atoms with E-state index in [1.807, 2.05) is 31.2 Å². The third kappa shape index (κ3) is 4.20. The topological polar surface area (TPSA) is 55.4 Å². The third-order valence-electron chi connectivity index (χ3n) is 2.86. The minimum Gasteiger partial charge on any atom is -0.469 e. The molecular formula is C14H19NO3. The number of amides is 1. The van der Waals surface area contributed by atoms with Gasteiger partial charge in [-0.25, -0.2) is 0 Å². The lowest BCUT2D eigenvalue weighted by molar-refractivity contribution is -0.145. The van der Waals surface area contributed by atoms with E-state index in [1.54, 1.807) is 0 Å². The summed E-state index contributed by atoms with van der Waals surface area (Å²) in [6.07, 6.45) is 0.569. The first-order valence-corrected chi connectivity index (χ1v) is 5.91. The second-order valence-electron chi connectivity index (χ2n) is 4.29. The molecule has 1 atom stereocenters. The van der Waals surface area contributed by atoms with Gasteiger partial charge in [0.25, 0.3) is 0 Å². The van der Waals surface area contributed by atoms with Crippen molar-refractivity contribution in [2.45, 2.75) is 20.3 Å². The number of carbonyl (C=O) groups is 2. The molecule has 0 saturated heterocycles. The first kappa shape index (κ1) is 14.2. The maximum Gasteiger partial charge on any atom is 0.310 e. The number of hydrogen-bond donors (Lipinski definition) is 1. The van der Waals surface area contributed by atoms with Gasteiger partial charge in [-0.3, -0.25) is 9.59 Å². The Morgan fingerprint density at radius 2 is 2.00 bits per heavy atom. The first-order chi connectivity index (χ1) is 8.54. The van der Waals surface area contributed by atoms with Crippen molar-refractivity contribution in [2.75, 3.05) is 13.7 Å². The lowest BCUT2D eigenvalue weighted by Gasteiger charge is -2.16. The molecule has 1 rings (SSSR count). The second kappa shape index (κ2) is 6.79. The molecule has 1 aromatic carbocycles. The van der Waals surface area contributed by atoms with Crippen LogP contribution in [0.2, 0.25) is 0 Å². The molecule has 4 heteroatoms. The Morgan fingerprint density at radius 3 is 2.56 bits per heavy atom. The highest BCUT2D eigenvalue weighted by Crippen LogP contribution is 2.14. The minimum atomic E-state index is -0.347. The molecule has 0 heterocycles. The summed E-state index contributed by atoms with van der Waals surface area (Å²) in [4.78, 5) is 22.6. The molecule has 0 fully saturated rings. The molecular weight excluding hydrogens is 230 g/mol. The van der Waals surface area contributed by atoms with Gasteiger partial charge in [-0.2, -0.15) is 0 Å². The molecule has 0 aromatic heterocycles. The average molecular weight is 249 g/mol. The summed E-state index contributed by atoms with van der Waals surface area (Å²) in [5.41, 5.74) is 2.23. The summed E-state index contributed by atoms with van der Waals surface area (Å²) in [6, 6.07) is 7.88. The lowest BCUT2D eigenvalue weighted by atomic mass is 9.96. The average Bonchev–Trinajstić information content (AvgIpc) is 2.35. The number of benzene rings is 1. The SMILES string of the molecule is COC(=O)C(CNC(C)=O)Cc1ccccc1C. The summed E-state index contributed by atoms with van der Waals surface area (Å²) < 4.78 is 4.77. The van der Waals surface area contributed by atoms with Crippen LogP contribution in [0.3, 0.4) is 0 Å². The molecule has 0 saturated carbocycles. The Morgan fingerprint density at radius 1 is 1.33 bits per heavy atom. The van der Waals surface area contributed by atoms with Crippen LogP contribution < -0.4 is 5.32 Å².